The summed E-state index contributed by atoms with van der Waals surface area (Å²) in [7, 11) is 3.50. The lowest BCUT2D eigenvalue weighted by molar-refractivity contribution is -0.127. The summed E-state index contributed by atoms with van der Waals surface area (Å²) in [5.41, 5.74) is 0. The number of amides is 1. The second kappa shape index (κ2) is 12.6. The molecular formula is C16H34N4OS. The molecule has 0 radical (unpaired) electrons. The van der Waals surface area contributed by atoms with E-state index in [0.29, 0.717) is 6.04 Å². The molecule has 1 atom stereocenters. The predicted molar refractivity (Wildman–Crippen MR) is 98.7 cm³/mol. The van der Waals surface area contributed by atoms with E-state index in [0.717, 1.165) is 30.6 Å². The number of guanidine groups is 1. The average Bonchev–Trinajstić information content (AvgIpc) is 2.43. The third-order valence-corrected chi connectivity index (χ3v) is 3.88. The number of hydrogen-bond acceptors (Lipinski definition) is 3. The summed E-state index contributed by atoms with van der Waals surface area (Å²) < 4.78 is 0. The number of rotatable bonds is 10. The van der Waals surface area contributed by atoms with Gasteiger partial charge in [0.25, 0.3) is 0 Å². The SMILES string of the molecule is CSCCNC(=NCC(=O)N(C)C)NC(C)CCCC(C)C. The summed E-state index contributed by atoms with van der Waals surface area (Å²) >= 11 is 1.79. The van der Waals surface area contributed by atoms with Crippen molar-refractivity contribution >= 4 is 23.6 Å². The van der Waals surface area contributed by atoms with E-state index in [4.69, 9.17) is 0 Å². The fourth-order valence-electron chi connectivity index (χ4n) is 1.85. The monoisotopic (exact) mass is 330 g/mol. The molecule has 2 N–H and O–H groups in total. The minimum absolute atomic E-state index is 0.0124. The van der Waals surface area contributed by atoms with Crippen molar-refractivity contribution in [2.45, 2.75) is 46.1 Å². The molecule has 5 nitrogen and oxygen atoms in total. The Morgan fingerprint density at radius 1 is 1.23 bits per heavy atom. The number of likely N-dealkylation sites (N-methyl/N-ethyl adjacent to an activating group) is 1. The first-order valence-electron chi connectivity index (χ1n) is 8.10. The van der Waals surface area contributed by atoms with Crippen LogP contribution in [0.2, 0.25) is 0 Å². The highest BCUT2D eigenvalue weighted by Crippen LogP contribution is 2.08. The van der Waals surface area contributed by atoms with Crippen LogP contribution in [0.4, 0.5) is 0 Å². The molecular weight excluding hydrogens is 296 g/mol. The Bertz CT molecular complexity index is 332. The Morgan fingerprint density at radius 3 is 2.45 bits per heavy atom. The summed E-state index contributed by atoms with van der Waals surface area (Å²) in [6.07, 6.45) is 5.65. The molecule has 0 aromatic carbocycles. The standard InChI is InChI=1S/C16H34N4OS/c1-13(2)8-7-9-14(3)19-16(17-10-11-22-6)18-12-15(21)20(4)5/h13-14H,7-12H2,1-6H3,(H2,17,18,19). The number of nitrogens with one attached hydrogen (secondary N) is 2. The Kier molecular flexibility index (Phi) is 12.1. The van der Waals surface area contributed by atoms with E-state index in [-0.39, 0.29) is 12.5 Å². The molecule has 0 saturated heterocycles. The summed E-state index contributed by atoms with van der Waals surface area (Å²) in [5.74, 6) is 2.52. The molecule has 0 aromatic rings. The van der Waals surface area contributed by atoms with E-state index in [1.807, 2.05) is 0 Å². The average molecular weight is 331 g/mol. The molecule has 0 aliphatic carbocycles. The van der Waals surface area contributed by atoms with Crippen molar-refractivity contribution in [3.63, 3.8) is 0 Å². The molecule has 0 aliphatic heterocycles. The number of hydrogen-bond donors (Lipinski definition) is 2. The van der Waals surface area contributed by atoms with Gasteiger partial charge in [-0.05, 0) is 25.5 Å². The second-order valence-electron chi connectivity index (χ2n) is 6.24. The van der Waals surface area contributed by atoms with Gasteiger partial charge in [-0.25, -0.2) is 4.99 Å². The largest absolute Gasteiger partial charge is 0.356 e. The van der Waals surface area contributed by atoms with Crippen molar-refractivity contribution in [2.75, 3.05) is 39.2 Å². The molecule has 0 fully saturated rings. The molecule has 0 saturated carbocycles. The van der Waals surface area contributed by atoms with Crippen LogP contribution in [0.3, 0.4) is 0 Å². The van der Waals surface area contributed by atoms with Crippen LogP contribution in [0.5, 0.6) is 0 Å². The van der Waals surface area contributed by atoms with Gasteiger partial charge in [-0.1, -0.05) is 26.7 Å². The second-order valence-corrected chi connectivity index (χ2v) is 7.23. The van der Waals surface area contributed by atoms with Crippen molar-refractivity contribution in [3.05, 3.63) is 0 Å². The van der Waals surface area contributed by atoms with E-state index >= 15 is 0 Å². The van der Waals surface area contributed by atoms with E-state index < -0.39 is 0 Å². The summed E-state index contributed by atoms with van der Waals surface area (Å²) in [5, 5.41) is 6.70. The lowest BCUT2D eigenvalue weighted by Gasteiger charge is -2.19. The van der Waals surface area contributed by atoms with Crippen LogP contribution in [-0.2, 0) is 4.79 Å². The van der Waals surface area contributed by atoms with Crippen LogP contribution in [0.1, 0.15) is 40.0 Å². The van der Waals surface area contributed by atoms with Crippen molar-refractivity contribution in [2.24, 2.45) is 10.9 Å². The van der Waals surface area contributed by atoms with E-state index in [2.05, 4.69) is 42.7 Å². The fourth-order valence-corrected chi connectivity index (χ4v) is 2.16. The van der Waals surface area contributed by atoms with Crippen LogP contribution in [-0.4, -0.2) is 62.0 Å². The molecule has 6 heteroatoms. The molecule has 0 rings (SSSR count). The molecule has 0 aliphatic rings. The van der Waals surface area contributed by atoms with Crippen molar-refractivity contribution < 1.29 is 4.79 Å². The topological polar surface area (TPSA) is 56.7 Å². The predicted octanol–water partition coefficient (Wildman–Crippen LogP) is 2.19. The normalized spacial score (nSPS) is 13.1. The lowest BCUT2D eigenvalue weighted by Crippen LogP contribution is -2.43. The van der Waals surface area contributed by atoms with Gasteiger partial charge in [-0.3, -0.25) is 4.79 Å². The van der Waals surface area contributed by atoms with Gasteiger partial charge in [0.2, 0.25) is 5.91 Å². The Labute approximate surface area is 140 Å². The maximum atomic E-state index is 11.7. The molecule has 1 unspecified atom stereocenters. The quantitative estimate of drug-likeness (QED) is 0.366. The highest BCUT2D eigenvalue weighted by atomic mass is 32.2. The van der Waals surface area contributed by atoms with E-state index in [9.17, 15) is 4.79 Å². The molecule has 0 spiro atoms. The van der Waals surface area contributed by atoms with E-state index in [1.165, 1.54) is 12.8 Å². The lowest BCUT2D eigenvalue weighted by atomic mass is 10.0. The highest BCUT2D eigenvalue weighted by molar-refractivity contribution is 7.98. The number of carbonyl (C=O) groups excluding carboxylic acids is 1. The van der Waals surface area contributed by atoms with Crippen LogP contribution < -0.4 is 10.6 Å². The molecule has 22 heavy (non-hydrogen) atoms. The Balaban J connectivity index is 4.37. The fraction of sp³-hybridized carbons (Fsp3) is 0.875. The van der Waals surface area contributed by atoms with Crippen molar-refractivity contribution in [1.29, 1.82) is 0 Å². The summed E-state index contributed by atoms with van der Waals surface area (Å²) in [4.78, 5) is 17.6. The van der Waals surface area contributed by atoms with E-state index in [1.54, 1.807) is 30.8 Å². The van der Waals surface area contributed by atoms with Gasteiger partial charge in [-0.2, -0.15) is 11.8 Å². The van der Waals surface area contributed by atoms with Gasteiger partial charge in [-0.15, -0.1) is 0 Å². The van der Waals surface area contributed by atoms with Crippen molar-refractivity contribution in [3.8, 4) is 0 Å². The Morgan fingerprint density at radius 2 is 1.91 bits per heavy atom. The van der Waals surface area contributed by atoms with Crippen LogP contribution in [0.15, 0.2) is 4.99 Å². The number of carbonyl (C=O) groups is 1. The first-order chi connectivity index (χ1) is 10.4. The summed E-state index contributed by atoms with van der Waals surface area (Å²) in [6.45, 7) is 7.70. The van der Waals surface area contributed by atoms with Gasteiger partial charge in [0.15, 0.2) is 5.96 Å². The highest BCUT2D eigenvalue weighted by Gasteiger charge is 2.08. The number of aliphatic imine (C=N–C) groups is 1. The van der Waals surface area contributed by atoms with Gasteiger partial charge in [0.05, 0.1) is 0 Å². The minimum atomic E-state index is 0.0124. The molecule has 0 bridgehead atoms. The third-order valence-electron chi connectivity index (χ3n) is 3.27. The third kappa shape index (κ3) is 11.7. The molecule has 0 heterocycles. The zero-order valence-electron chi connectivity index (χ0n) is 15.1. The number of nitrogens with zero attached hydrogens (tertiary/aromatic N) is 2. The zero-order chi connectivity index (χ0) is 17.0. The first-order valence-corrected chi connectivity index (χ1v) is 9.50. The zero-order valence-corrected chi connectivity index (χ0v) is 15.9. The minimum Gasteiger partial charge on any atom is -0.356 e. The number of thioether (sulfide) groups is 1. The smallest absolute Gasteiger partial charge is 0.243 e. The van der Waals surface area contributed by atoms with Crippen molar-refractivity contribution in [1.82, 2.24) is 15.5 Å². The Hall–Kier alpha value is -0.910. The van der Waals surface area contributed by atoms with Crippen LogP contribution in [0.25, 0.3) is 0 Å². The molecule has 0 aromatic heterocycles. The maximum Gasteiger partial charge on any atom is 0.243 e. The van der Waals surface area contributed by atoms with Gasteiger partial charge in [0.1, 0.15) is 6.54 Å². The summed E-state index contributed by atoms with van der Waals surface area (Å²) in [6, 6.07) is 0.355. The molecule has 1 amide bonds. The van der Waals surface area contributed by atoms with Gasteiger partial charge < -0.3 is 15.5 Å². The van der Waals surface area contributed by atoms with Crippen LogP contribution >= 0.6 is 11.8 Å². The maximum absolute atomic E-state index is 11.7. The first kappa shape index (κ1) is 21.1. The molecule has 130 valence electrons. The van der Waals surface area contributed by atoms with Gasteiger partial charge >= 0.3 is 0 Å². The van der Waals surface area contributed by atoms with Crippen LogP contribution in [0, 0.1) is 5.92 Å². The van der Waals surface area contributed by atoms with Gasteiger partial charge in [0, 0.05) is 32.4 Å².